The summed E-state index contributed by atoms with van der Waals surface area (Å²) in [4.78, 5) is 4.80. The molecule has 2 rings (SSSR count). The number of rotatable bonds is 3. The van der Waals surface area contributed by atoms with Gasteiger partial charge in [-0.25, -0.2) is 0 Å². The third-order valence-corrected chi connectivity index (χ3v) is 4.91. The highest BCUT2D eigenvalue weighted by molar-refractivity contribution is 8.14. The van der Waals surface area contributed by atoms with Gasteiger partial charge in [-0.05, 0) is 46.0 Å². The number of thioether (sulfide) groups is 1. The molecule has 0 radical (unpaired) electrons. The first kappa shape index (κ1) is 11.3. The van der Waals surface area contributed by atoms with Crippen LogP contribution in [0.4, 0.5) is 0 Å². The lowest BCUT2D eigenvalue weighted by Gasteiger charge is -2.26. The first-order chi connectivity index (χ1) is 6.95. The summed E-state index contributed by atoms with van der Waals surface area (Å²) in [7, 11) is 0. The summed E-state index contributed by atoms with van der Waals surface area (Å²) in [6, 6.07) is 0. The minimum atomic E-state index is 0.173. The molecule has 0 saturated heterocycles. The lowest BCUT2D eigenvalue weighted by molar-refractivity contribution is 0.402. The van der Waals surface area contributed by atoms with Crippen molar-refractivity contribution in [2.75, 3.05) is 5.75 Å². The molecule has 0 aromatic carbocycles. The van der Waals surface area contributed by atoms with Gasteiger partial charge >= 0.3 is 0 Å². The second kappa shape index (κ2) is 3.69. The lowest BCUT2D eigenvalue weighted by atomic mass is 9.99. The molecule has 0 aromatic heterocycles. The maximum Gasteiger partial charge on any atom is 0.157 e. The van der Waals surface area contributed by atoms with Crippen molar-refractivity contribution < 1.29 is 0 Å². The van der Waals surface area contributed by atoms with Crippen LogP contribution in [-0.2, 0) is 0 Å². The molecule has 2 nitrogen and oxygen atoms in total. The van der Waals surface area contributed by atoms with E-state index in [1.807, 2.05) is 11.8 Å². The summed E-state index contributed by atoms with van der Waals surface area (Å²) >= 11 is 1.88. The highest BCUT2D eigenvalue weighted by atomic mass is 32.2. The summed E-state index contributed by atoms with van der Waals surface area (Å²) < 4.78 is 0. The van der Waals surface area contributed by atoms with Crippen molar-refractivity contribution in [1.82, 2.24) is 5.32 Å². The van der Waals surface area contributed by atoms with Crippen LogP contribution in [0.1, 0.15) is 47.0 Å². The maximum atomic E-state index is 4.80. The predicted octanol–water partition coefficient (Wildman–Crippen LogP) is 3.04. The Bertz CT molecular complexity index is 281. The lowest BCUT2D eigenvalue weighted by Crippen LogP contribution is -2.43. The molecule has 1 heterocycles. The van der Waals surface area contributed by atoms with E-state index in [0.29, 0.717) is 0 Å². The van der Waals surface area contributed by atoms with E-state index in [-0.39, 0.29) is 11.1 Å². The van der Waals surface area contributed by atoms with Crippen LogP contribution in [0.5, 0.6) is 0 Å². The smallest absolute Gasteiger partial charge is 0.157 e. The second-order valence-electron chi connectivity index (χ2n) is 5.68. The standard InChI is InChI=1S/C12H22N2S/c1-5-12(4)8-15-10(14-12)13-11(2,3)9-6-7-9/h9H,5-8H2,1-4H3,(H,13,14). The van der Waals surface area contributed by atoms with Gasteiger partial charge in [0.2, 0.25) is 0 Å². The zero-order valence-corrected chi connectivity index (χ0v) is 11.1. The van der Waals surface area contributed by atoms with Crippen molar-refractivity contribution in [3.63, 3.8) is 0 Å². The highest BCUT2D eigenvalue weighted by Crippen LogP contribution is 2.40. The number of amidine groups is 1. The zero-order chi connectivity index (χ0) is 11.1. The Balaban J connectivity index is 1.98. The first-order valence-corrected chi connectivity index (χ1v) is 6.94. The summed E-state index contributed by atoms with van der Waals surface area (Å²) in [5, 5.41) is 4.78. The molecule has 1 aliphatic carbocycles. The fourth-order valence-electron chi connectivity index (χ4n) is 1.96. The Labute approximate surface area is 97.3 Å². The average Bonchev–Trinajstić information content (AvgIpc) is 2.94. The topological polar surface area (TPSA) is 24.4 Å². The Morgan fingerprint density at radius 2 is 2.20 bits per heavy atom. The predicted molar refractivity (Wildman–Crippen MR) is 68.5 cm³/mol. The monoisotopic (exact) mass is 226 g/mol. The van der Waals surface area contributed by atoms with E-state index >= 15 is 0 Å². The van der Waals surface area contributed by atoms with Gasteiger partial charge in [0.1, 0.15) is 0 Å². The molecule has 0 aromatic rings. The fourth-order valence-corrected chi connectivity index (χ4v) is 3.30. The quantitative estimate of drug-likeness (QED) is 0.800. The number of hydrogen-bond acceptors (Lipinski definition) is 3. The fraction of sp³-hybridized carbons (Fsp3) is 0.917. The van der Waals surface area contributed by atoms with E-state index in [2.05, 4.69) is 33.0 Å². The van der Waals surface area contributed by atoms with E-state index in [1.165, 1.54) is 12.8 Å². The van der Waals surface area contributed by atoms with E-state index in [0.717, 1.165) is 23.3 Å². The maximum absolute atomic E-state index is 4.80. The first-order valence-electron chi connectivity index (χ1n) is 5.96. The van der Waals surface area contributed by atoms with Gasteiger partial charge in [0.05, 0.1) is 5.54 Å². The molecule has 1 fully saturated rings. The molecule has 1 saturated carbocycles. The number of nitrogens with zero attached hydrogens (tertiary/aromatic N) is 1. The van der Waals surface area contributed by atoms with E-state index in [1.54, 1.807) is 0 Å². The molecule has 2 aliphatic rings. The van der Waals surface area contributed by atoms with Crippen molar-refractivity contribution in [3.05, 3.63) is 0 Å². The largest absolute Gasteiger partial charge is 0.360 e. The van der Waals surface area contributed by atoms with Gasteiger partial charge in [0.15, 0.2) is 5.17 Å². The molecule has 1 atom stereocenters. The highest BCUT2D eigenvalue weighted by Gasteiger charge is 2.40. The van der Waals surface area contributed by atoms with Crippen molar-refractivity contribution in [3.8, 4) is 0 Å². The van der Waals surface area contributed by atoms with Crippen molar-refractivity contribution in [2.45, 2.75) is 58.0 Å². The minimum absolute atomic E-state index is 0.173. The Morgan fingerprint density at radius 3 is 2.67 bits per heavy atom. The van der Waals surface area contributed by atoms with Gasteiger partial charge in [-0.1, -0.05) is 18.7 Å². The van der Waals surface area contributed by atoms with Gasteiger partial charge in [-0.3, -0.25) is 4.99 Å². The van der Waals surface area contributed by atoms with E-state index < -0.39 is 0 Å². The van der Waals surface area contributed by atoms with Crippen LogP contribution in [0.15, 0.2) is 4.99 Å². The number of nitrogens with one attached hydrogen (secondary N) is 1. The third kappa shape index (κ3) is 2.49. The zero-order valence-electron chi connectivity index (χ0n) is 10.3. The minimum Gasteiger partial charge on any atom is -0.360 e. The summed E-state index contributed by atoms with van der Waals surface area (Å²) in [6.45, 7) is 9.07. The van der Waals surface area contributed by atoms with Crippen molar-refractivity contribution >= 4 is 16.9 Å². The molecule has 0 spiro atoms. The van der Waals surface area contributed by atoms with Crippen LogP contribution in [0.3, 0.4) is 0 Å². The molecule has 86 valence electrons. The van der Waals surface area contributed by atoms with Crippen molar-refractivity contribution in [2.24, 2.45) is 10.9 Å². The molecule has 1 aliphatic heterocycles. The number of hydrogen-bond donors (Lipinski definition) is 1. The Kier molecular flexibility index (Phi) is 2.78. The Morgan fingerprint density at radius 1 is 1.53 bits per heavy atom. The number of aliphatic imine (C=N–C) groups is 1. The average molecular weight is 226 g/mol. The molecule has 0 bridgehead atoms. The normalized spacial score (nSPS) is 31.6. The van der Waals surface area contributed by atoms with Gasteiger partial charge < -0.3 is 5.32 Å². The molecular weight excluding hydrogens is 204 g/mol. The van der Waals surface area contributed by atoms with Crippen LogP contribution in [0.25, 0.3) is 0 Å². The molecular formula is C12H22N2S. The SMILES string of the molecule is CCC1(C)CSC(NC(C)(C)C2CC2)=N1. The van der Waals surface area contributed by atoms with E-state index in [4.69, 9.17) is 4.99 Å². The third-order valence-electron chi connectivity index (χ3n) is 3.68. The van der Waals surface area contributed by atoms with Crippen LogP contribution in [0.2, 0.25) is 0 Å². The molecule has 1 unspecified atom stereocenters. The summed E-state index contributed by atoms with van der Waals surface area (Å²) in [6.07, 6.45) is 3.89. The molecule has 1 N–H and O–H groups in total. The summed E-state index contributed by atoms with van der Waals surface area (Å²) in [5.41, 5.74) is 0.414. The van der Waals surface area contributed by atoms with Crippen LogP contribution >= 0.6 is 11.8 Å². The second-order valence-corrected chi connectivity index (χ2v) is 6.64. The summed E-state index contributed by atoms with van der Waals surface area (Å²) in [5.74, 6) is 1.99. The van der Waals surface area contributed by atoms with E-state index in [9.17, 15) is 0 Å². The van der Waals surface area contributed by atoms with Crippen LogP contribution in [0, 0.1) is 5.92 Å². The van der Waals surface area contributed by atoms with Gasteiger partial charge in [0, 0.05) is 11.3 Å². The van der Waals surface area contributed by atoms with Crippen molar-refractivity contribution in [1.29, 1.82) is 0 Å². The van der Waals surface area contributed by atoms with Crippen LogP contribution in [-0.4, -0.2) is 22.0 Å². The molecule has 0 amide bonds. The van der Waals surface area contributed by atoms with Gasteiger partial charge in [0.25, 0.3) is 0 Å². The molecule has 15 heavy (non-hydrogen) atoms. The molecule has 3 heteroatoms. The van der Waals surface area contributed by atoms with Gasteiger partial charge in [-0.15, -0.1) is 0 Å². The Hall–Kier alpha value is -0.180. The van der Waals surface area contributed by atoms with Gasteiger partial charge in [-0.2, -0.15) is 0 Å². The van der Waals surface area contributed by atoms with Crippen LogP contribution < -0.4 is 5.32 Å².